The van der Waals surface area contributed by atoms with Crippen LogP contribution in [0.1, 0.15) is 48.0 Å². The van der Waals surface area contributed by atoms with Crippen LogP contribution in [0.4, 0.5) is 11.4 Å². The van der Waals surface area contributed by atoms with Gasteiger partial charge in [-0.3, -0.25) is 9.59 Å². The van der Waals surface area contributed by atoms with Gasteiger partial charge in [0, 0.05) is 22.9 Å². The Morgan fingerprint density at radius 1 is 0.880 bits per heavy atom. The molecular weight excluding hydrogens is 312 g/mol. The second-order valence-corrected chi connectivity index (χ2v) is 6.73. The number of benzene rings is 2. The first-order valence-corrected chi connectivity index (χ1v) is 8.91. The van der Waals surface area contributed by atoms with Crippen LogP contribution >= 0.6 is 0 Å². The van der Waals surface area contributed by atoms with Crippen molar-refractivity contribution in [3.63, 3.8) is 0 Å². The maximum absolute atomic E-state index is 12.3. The Kier molecular flexibility index (Phi) is 5.49. The molecule has 2 aromatic rings. The number of nitrogens with one attached hydrogen (secondary N) is 2. The number of hydrogen-bond acceptors (Lipinski definition) is 2. The van der Waals surface area contributed by atoms with E-state index in [-0.39, 0.29) is 17.7 Å². The Morgan fingerprint density at radius 3 is 2.16 bits per heavy atom. The normalized spacial score (nSPS) is 14.8. The molecule has 0 atom stereocenters. The highest BCUT2D eigenvalue weighted by Gasteiger charge is 2.20. The van der Waals surface area contributed by atoms with Crippen LogP contribution < -0.4 is 10.6 Å². The number of carbonyl (C=O) groups is 2. The zero-order valence-corrected chi connectivity index (χ0v) is 14.5. The van der Waals surface area contributed by atoms with E-state index in [1.807, 2.05) is 49.4 Å². The summed E-state index contributed by atoms with van der Waals surface area (Å²) < 4.78 is 0. The lowest BCUT2D eigenvalue weighted by molar-refractivity contribution is -0.120. The van der Waals surface area contributed by atoms with Crippen LogP contribution in [0.3, 0.4) is 0 Å². The molecule has 0 radical (unpaired) electrons. The van der Waals surface area contributed by atoms with Crippen molar-refractivity contribution < 1.29 is 9.59 Å². The fourth-order valence-corrected chi connectivity index (χ4v) is 3.24. The Bertz CT molecular complexity index is 747. The fourth-order valence-electron chi connectivity index (χ4n) is 3.24. The van der Waals surface area contributed by atoms with Crippen LogP contribution in [-0.2, 0) is 4.79 Å². The number of aryl methyl sites for hydroxylation is 1. The molecule has 0 bridgehead atoms. The predicted molar refractivity (Wildman–Crippen MR) is 101 cm³/mol. The molecule has 130 valence electrons. The Balaban J connectivity index is 1.58. The molecule has 0 aromatic heterocycles. The molecule has 0 saturated heterocycles. The van der Waals surface area contributed by atoms with Gasteiger partial charge in [-0.15, -0.1) is 0 Å². The Morgan fingerprint density at radius 2 is 1.52 bits per heavy atom. The molecule has 4 nitrogen and oxygen atoms in total. The van der Waals surface area contributed by atoms with Gasteiger partial charge in [-0.2, -0.15) is 0 Å². The first-order chi connectivity index (χ1) is 12.1. The van der Waals surface area contributed by atoms with E-state index in [9.17, 15) is 9.59 Å². The molecule has 1 saturated carbocycles. The van der Waals surface area contributed by atoms with E-state index in [1.165, 1.54) is 6.42 Å². The van der Waals surface area contributed by atoms with Gasteiger partial charge >= 0.3 is 0 Å². The second-order valence-electron chi connectivity index (χ2n) is 6.73. The molecule has 0 aliphatic heterocycles. The molecule has 0 unspecified atom stereocenters. The summed E-state index contributed by atoms with van der Waals surface area (Å²) in [6.07, 6.45) is 5.48. The van der Waals surface area contributed by atoms with E-state index in [4.69, 9.17) is 0 Å². The monoisotopic (exact) mass is 336 g/mol. The summed E-state index contributed by atoms with van der Waals surface area (Å²) in [5, 5.41) is 5.86. The van der Waals surface area contributed by atoms with Gasteiger partial charge in [0.2, 0.25) is 5.91 Å². The average Bonchev–Trinajstić information content (AvgIpc) is 2.64. The summed E-state index contributed by atoms with van der Waals surface area (Å²) in [5.74, 6) is 0.105. The summed E-state index contributed by atoms with van der Waals surface area (Å²) in [7, 11) is 0. The zero-order valence-electron chi connectivity index (χ0n) is 14.5. The van der Waals surface area contributed by atoms with Gasteiger partial charge in [0.05, 0.1) is 0 Å². The lowest BCUT2D eigenvalue weighted by Gasteiger charge is -2.20. The lowest BCUT2D eigenvalue weighted by atomic mass is 9.88. The molecule has 2 amide bonds. The summed E-state index contributed by atoms with van der Waals surface area (Å²) in [6, 6.07) is 14.7. The molecule has 1 aliphatic rings. The number of hydrogen-bond donors (Lipinski definition) is 2. The molecule has 1 fully saturated rings. The molecule has 3 rings (SSSR count). The predicted octanol–water partition coefficient (Wildman–Crippen LogP) is 4.77. The van der Waals surface area contributed by atoms with Gasteiger partial charge in [0.15, 0.2) is 0 Å². The summed E-state index contributed by atoms with van der Waals surface area (Å²) in [5.41, 5.74) is 3.16. The fraction of sp³-hybridized carbons (Fsp3) is 0.333. The Hall–Kier alpha value is -2.62. The molecule has 2 aromatic carbocycles. The molecule has 2 N–H and O–H groups in total. The molecule has 1 aliphatic carbocycles. The van der Waals surface area contributed by atoms with E-state index in [0.29, 0.717) is 11.3 Å². The van der Waals surface area contributed by atoms with Crippen molar-refractivity contribution in [3.05, 3.63) is 59.7 Å². The largest absolute Gasteiger partial charge is 0.326 e. The number of anilines is 2. The van der Waals surface area contributed by atoms with Crippen molar-refractivity contribution in [2.45, 2.75) is 39.0 Å². The topological polar surface area (TPSA) is 58.2 Å². The number of rotatable bonds is 4. The molecular formula is C21H24N2O2. The molecule has 0 spiro atoms. The van der Waals surface area contributed by atoms with Crippen molar-refractivity contribution in [1.29, 1.82) is 0 Å². The first-order valence-electron chi connectivity index (χ1n) is 8.91. The summed E-state index contributed by atoms with van der Waals surface area (Å²) in [6.45, 7) is 1.96. The third kappa shape index (κ3) is 4.69. The highest BCUT2D eigenvalue weighted by atomic mass is 16.2. The van der Waals surface area contributed by atoms with Gasteiger partial charge in [0.25, 0.3) is 5.91 Å². The maximum atomic E-state index is 12.3. The smallest absolute Gasteiger partial charge is 0.255 e. The van der Waals surface area contributed by atoms with Crippen molar-refractivity contribution in [2.75, 3.05) is 10.6 Å². The van der Waals surface area contributed by atoms with Crippen LogP contribution in [0.5, 0.6) is 0 Å². The molecule has 4 heteroatoms. The van der Waals surface area contributed by atoms with E-state index in [1.54, 1.807) is 6.07 Å². The van der Waals surface area contributed by atoms with Crippen LogP contribution in [0.25, 0.3) is 0 Å². The highest BCUT2D eigenvalue weighted by Crippen LogP contribution is 2.25. The van der Waals surface area contributed by atoms with Gasteiger partial charge in [-0.1, -0.05) is 37.0 Å². The molecule has 25 heavy (non-hydrogen) atoms. The van der Waals surface area contributed by atoms with Gasteiger partial charge in [-0.25, -0.2) is 0 Å². The molecule has 0 heterocycles. The number of amides is 2. The number of carbonyl (C=O) groups excluding carboxylic acids is 2. The summed E-state index contributed by atoms with van der Waals surface area (Å²) >= 11 is 0. The van der Waals surface area contributed by atoms with E-state index in [2.05, 4.69) is 10.6 Å². The first kappa shape index (κ1) is 17.2. The van der Waals surface area contributed by atoms with Gasteiger partial charge in [0.1, 0.15) is 0 Å². The lowest BCUT2D eigenvalue weighted by Crippen LogP contribution is -2.24. The van der Waals surface area contributed by atoms with Gasteiger partial charge < -0.3 is 10.6 Å². The zero-order chi connectivity index (χ0) is 17.6. The van der Waals surface area contributed by atoms with Crippen molar-refractivity contribution in [1.82, 2.24) is 0 Å². The highest BCUT2D eigenvalue weighted by molar-refractivity contribution is 6.04. The van der Waals surface area contributed by atoms with Crippen LogP contribution in [-0.4, -0.2) is 11.8 Å². The van der Waals surface area contributed by atoms with E-state index in [0.717, 1.165) is 36.9 Å². The third-order valence-corrected chi connectivity index (χ3v) is 4.67. The average molecular weight is 336 g/mol. The van der Waals surface area contributed by atoms with E-state index >= 15 is 0 Å². The van der Waals surface area contributed by atoms with Crippen molar-refractivity contribution >= 4 is 23.2 Å². The quantitative estimate of drug-likeness (QED) is 0.845. The third-order valence-electron chi connectivity index (χ3n) is 4.67. The minimum atomic E-state index is -0.136. The summed E-state index contributed by atoms with van der Waals surface area (Å²) in [4.78, 5) is 24.5. The van der Waals surface area contributed by atoms with Crippen LogP contribution in [0, 0.1) is 12.8 Å². The van der Waals surface area contributed by atoms with Crippen LogP contribution in [0.15, 0.2) is 48.5 Å². The van der Waals surface area contributed by atoms with Crippen molar-refractivity contribution in [2.24, 2.45) is 5.92 Å². The van der Waals surface area contributed by atoms with Gasteiger partial charge in [-0.05, 0) is 56.2 Å². The minimum Gasteiger partial charge on any atom is -0.326 e. The Labute approximate surface area is 148 Å². The van der Waals surface area contributed by atoms with Crippen molar-refractivity contribution in [3.8, 4) is 0 Å². The maximum Gasteiger partial charge on any atom is 0.255 e. The standard InChI is InChI=1S/C21H24N2O2/c1-15-6-5-9-17(14-15)21(25)23-19-12-10-18(11-13-19)22-20(24)16-7-3-2-4-8-16/h5-6,9-14,16H,2-4,7-8H2,1H3,(H,22,24)(H,23,25). The second kappa shape index (κ2) is 7.97. The minimum absolute atomic E-state index is 0.108. The van der Waals surface area contributed by atoms with E-state index < -0.39 is 0 Å². The van der Waals surface area contributed by atoms with Crippen LogP contribution in [0.2, 0.25) is 0 Å². The SMILES string of the molecule is Cc1cccc(C(=O)Nc2ccc(NC(=O)C3CCCCC3)cc2)c1.